The molecule has 4 rings (SSSR count). The molecule has 3 amide bonds. The normalized spacial score (nSPS) is 18.8. The summed E-state index contributed by atoms with van der Waals surface area (Å²) in [5, 5.41) is 2.95. The van der Waals surface area contributed by atoms with Crippen molar-refractivity contribution >= 4 is 23.4 Å². The number of piperazine rings is 1. The van der Waals surface area contributed by atoms with Crippen molar-refractivity contribution in [2.45, 2.75) is 39.3 Å². The summed E-state index contributed by atoms with van der Waals surface area (Å²) in [5.74, 6) is -0.119. The van der Waals surface area contributed by atoms with Gasteiger partial charge < -0.3 is 15.1 Å². The molecule has 6 nitrogen and oxygen atoms in total. The predicted molar refractivity (Wildman–Crippen MR) is 110 cm³/mol. The molecule has 0 spiro atoms. The van der Waals surface area contributed by atoms with Gasteiger partial charge in [0.25, 0.3) is 5.91 Å². The van der Waals surface area contributed by atoms with E-state index < -0.39 is 0 Å². The first-order valence-corrected chi connectivity index (χ1v) is 9.99. The Morgan fingerprint density at radius 2 is 1.86 bits per heavy atom. The summed E-state index contributed by atoms with van der Waals surface area (Å²) >= 11 is 0. The minimum absolute atomic E-state index is 0.0247. The zero-order chi connectivity index (χ0) is 20.5. The van der Waals surface area contributed by atoms with Gasteiger partial charge in [-0.05, 0) is 61.6 Å². The van der Waals surface area contributed by atoms with E-state index >= 15 is 0 Å². The number of anilines is 1. The SMILES string of the molecule is Cc1cccc(NC(=O)c2ccc(CN3CC(=O)N4CCCC4C3=O)cc2)c1C. The van der Waals surface area contributed by atoms with Crippen LogP contribution in [0.25, 0.3) is 0 Å². The predicted octanol–water partition coefficient (Wildman–Crippen LogP) is 2.89. The molecule has 2 saturated heterocycles. The van der Waals surface area contributed by atoms with Crippen molar-refractivity contribution in [3.8, 4) is 0 Å². The lowest BCUT2D eigenvalue weighted by molar-refractivity contribution is -0.154. The molecule has 2 aromatic rings. The second-order valence-electron chi connectivity index (χ2n) is 7.84. The first kappa shape index (κ1) is 19.2. The van der Waals surface area contributed by atoms with Gasteiger partial charge in [0.1, 0.15) is 12.6 Å². The van der Waals surface area contributed by atoms with Gasteiger partial charge in [-0.25, -0.2) is 0 Å². The van der Waals surface area contributed by atoms with Gasteiger partial charge in [-0.3, -0.25) is 14.4 Å². The van der Waals surface area contributed by atoms with Crippen LogP contribution in [0, 0.1) is 13.8 Å². The van der Waals surface area contributed by atoms with Crippen LogP contribution in [0.15, 0.2) is 42.5 Å². The van der Waals surface area contributed by atoms with Crippen LogP contribution in [0.3, 0.4) is 0 Å². The minimum Gasteiger partial charge on any atom is -0.329 e. The third kappa shape index (κ3) is 3.75. The Hall–Kier alpha value is -3.15. The highest BCUT2D eigenvalue weighted by Gasteiger charge is 2.41. The van der Waals surface area contributed by atoms with Crippen LogP contribution in [-0.2, 0) is 16.1 Å². The number of amides is 3. The Morgan fingerprint density at radius 3 is 2.62 bits per heavy atom. The van der Waals surface area contributed by atoms with Gasteiger partial charge in [-0.15, -0.1) is 0 Å². The van der Waals surface area contributed by atoms with Crippen molar-refractivity contribution in [2.75, 3.05) is 18.4 Å². The maximum absolute atomic E-state index is 12.7. The number of fused-ring (bicyclic) bond motifs is 1. The zero-order valence-electron chi connectivity index (χ0n) is 16.8. The molecule has 0 radical (unpaired) electrons. The summed E-state index contributed by atoms with van der Waals surface area (Å²) in [7, 11) is 0. The lowest BCUT2D eigenvalue weighted by Crippen LogP contribution is -2.56. The molecule has 0 aliphatic carbocycles. The highest BCUT2D eigenvalue weighted by Crippen LogP contribution is 2.25. The average molecular weight is 391 g/mol. The largest absolute Gasteiger partial charge is 0.329 e. The van der Waals surface area contributed by atoms with E-state index in [-0.39, 0.29) is 30.3 Å². The van der Waals surface area contributed by atoms with E-state index in [1.54, 1.807) is 21.9 Å². The first-order chi connectivity index (χ1) is 13.9. The van der Waals surface area contributed by atoms with E-state index in [4.69, 9.17) is 0 Å². The highest BCUT2D eigenvalue weighted by molar-refractivity contribution is 6.04. The zero-order valence-corrected chi connectivity index (χ0v) is 16.8. The molecule has 2 heterocycles. The molecular weight excluding hydrogens is 366 g/mol. The van der Waals surface area contributed by atoms with Crippen LogP contribution in [0.2, 0.25) is 0 Å². The van der Waals surface area contributed by atoms with Crippen LogP contribution in [0.4, 0.5) is 5.69 Å². The van der Waals surface area contributed by atoms with E-state index in [2.05, 4.69) is 5.32 Å². The van der Waals surface area contributed by atoms with Crippen molar-refractivity contribution in [2.24, 2.45) is 0 Å². The maximum atomic E-state index is 12.7. The van der Waals surface area contributed by atoms with Crippen LogP contribution < -0.4 is 5.32 Å². The van der Waals surface area contributed by atoms with Gasteiger partial charge in [0.2, 0.25) is 11.8 Å². The minimum atomic E-state index is -0.293. The number of nitrogens with one attached hydrogen (secondary N) is 1. The summed E-state index contributed by atoms with van der Waals surface area (Å²) in [6, 6.07) is 12.7. The topological polar surface area (TPSA) is 69.7 Å². The Kier molecular flexibility index (Phi) is 5.09. The molecule has 29 heavy (non-hydrogen) atoms. The second kappa shape index (κ2) is 7.70. The van der Waals surface area contributed by atoms with Crippen molar-refractivity contribution in [3.05, 3.63) is 64.7 Å². The van der Waals surface area contributed by atoms with Crippen LogP contribution in [0.1, 0.15) is 39.9 Å². The van der Waals surface area contributed by atoms with Crippen molar-refractivity contribution in [1.82, 2.24) is 9.80 Å². The van der Waals surface area contributed by atoms with Gasteiger partial charge in [-0.1, -0.05) is 24.3 Å². The van der Waals surface area contributed by atoms with E-state index in [0.717, 1.165) is 35.2 Å². The lowest BCUT2D eigenvalue weighted by atomic mass is 10.1. The molecule has 2 aromatic carbocycles. The lowest BCUT2D eigenvalue weighted by Gasteiger charge is -2.36. The van der Waals surface area contributed by atoms with Gasteiger partial charge >= 0.3 is 0 Å². The van der Waals surface area contributed by atoms with Crippen LogP contribution in [-0.4, -0.2) is 46.7 Å². The number of nitrogens with zero attached hydrogens (tertiary/aromatic N) is 2. The fourth-order valence-electron chi connectivity index (χ4n) is 4.06. The number of hydrogen-bond donors (Lipinski definition) is 1. The quantitative estimate of drug-likeness (QED) is 0.871. The number of aryl methyl sites for hydroxylation is 1. The summed E-state index contributed by atoms with van der Waals surface area (Å²) in [4.78, 5) is 40.8. The Bertz CT molecular complexity index is 968. The van der Waals surface area contributed by atoms with Crippen molar-refractivity contribution < 1.29 is 14.4 Å². The molecule has 0 bridgehead atoms. The summed E-state index contributed by atoms with van der Waals surface area (Å²) < 4.78 is 0. The Labute approximate surface area is 170 Å². The fourth-order valence-corrected chi connectivity index (χ4v) is 4.06. The maximum Gasteiger partial charge on any atom is 0.255 e. The smallest absolute Gasteiger partial charge is 0.255 e. The van der Waals surface area contributed by atoms with Crippen molar-refractivity contribution in [1.29, 1.82) is 0 Å². The monoisotopic (exact) mass is 391 g/mol. The van der Waals surface area contributed by atoms with E-state index in [1.807, 2.05) is 44.2 Å². The standard InChI is InChI=1S/C23H25N3O3/c1-15-5-3-6-19(16(15)2)24-22(28)18-10-8-17(9-11-18)13-25-14-21(27)26-12-4-7-20(26)23(25)29/h3,5-6,8-11,20H,4,7,12-14H2,1-2H3,(H,24,28). The Balaban J connectivity index is 1.42. The molecule has 2 aliphatic heterocycles. The molecule has 0 saturated carbocycles. The van der Waals surface area contributed by atoms with Crippen molar-refractivity contribution in [3.63, 3.8) is 0 Å². The number of carbonyl (C=O) groups is 3. The third-order valence-corrected chi connectivity index (χ3v) is 5.94. The van der Waals surface area contributed by atoms with E-state index in [0.29, 0.717) is 18.7 Å². The summed E-state index contributed by atoms with van der Waals surface area (Å²) in [6.07, 6.45) is 1.64. The molecule has 2 aliphatic rings. The summed E-state index contributed by atoms with van der Waals surface area (Å²) in [6.45, 7) is 5.19. The number of rotatable bonds is 4. The van der Waals surface area contributed by atoms with Crippen LogP contribution >= 0.6 is 0 Å². The number of carbonyl (C=O) groups excluding carboxylic acids is 3. The first-order valence-electron chi connectivity index (χ1n) is 9.99. The number of benzene rings is 2. The average Bonchev–Trinajstić information content (AvgIpc) is 3.21. The molecule has 1 atom stereocenters. The number of hydrogen-bond acceptors (Lipinski definition) is 3. The molecule has 1 N–H and O–H groups in total. The van der Waals surface area contributed by atoms with E-state index in [9.17, 15) is 14.4 Å². The third-order valence-electron chi connectivity index (χ3n) is 5.94. The molecular formula is C23H25N3O3. The van der Waals surface area contributed by atoms with Gasteiger partial charge in [0.15, 0.2) is 0 Å². The molecule has 1 unspecified atom stereocenters. The molecule has 2 fully saturated rings. The van der Waals surface area contributed by atoms with E-state index in [1.165, 1.54) is 0 Å². The molecule has 150 valence electrons. The highest BCUT2D eigenvalue weighted by atomic mass is 16.2. The fraction of sp³-hybridized carbons (Fsp3) is 0.348. The van der Waals surface area contributed by atoms with Gasteiger partial charge in [-0.2, -0.15) is 0 Å². The Morgan fingerprint density at radius 1 is 1.10 bits per heavy atom. The molecule has 6 heteroatoms. The van der Waals surface area contributed by atoms with Gasteiger partial charge in [0, 0.05) is 24.3 Å². The molecule has 0 aromatic heterocycles. The van der Waals surface area contributed by atoms with Crippen LogP contribution in [0.5, 0.6) is 0 Å². The second-order valence-corrected chi connectivity index (χ2v) is 7.84. The van der Waals surface area contributed by atoms with Gasteiger partial charge in [0.05, 0.1) is 0 Å². The summed E-state index contributed by atoms with van der Waals surface area (Å²) in [5.41, 5.74) is 4.43.